The number of amides is 2. The lowest BCUT2D eigenvalue weighted by molar-refractivity contribution is -0.142. The van der Waals surface area contributed by atoms with Gasteiger partial charge in [0.15, 0.2) is 0 Å². The molecule has 1 heterocycles. The number of imide groups is 1. The van der Waals surface area contributed by atoms with Gasteiger partial charge in [-0.25, -0.2) is 0 Å². The summed E-state index contributed by atoms with van der Waals surface area (Å²) in [7, 11) is 3.08. The van der Waals surface area contributed by atoms with E-state index >= 15 is 0 Å². The SMILES string of the molecule is CCC(C)N1C(=O)C(C#N)=C(C)/C(=C\c2ccc(OC)cc2OC)C1=O. The van der Waals surface area contributed by atoms with Crippen LogP contribution >= 0.6 is 0 Å². The molecule has 0 N–H and O–H groups in total. The normalized spacial score (nSPS) is 17.4. The second kappa shape index (κ2) is 7.87. The molecule has 6 heteroatoms. The Morgan fingerprint density at radius 1 is 1.23 bits per heavy atom. The Hall–Kier alpha value is -3.07. The summed E-state index contributed by atoms with van der Waals surface area (Å²) in [5.41, 5.74) is 1.33. The maximum Gasteiger partial charge on any atom is 0.271 e. The predicted octanol–water partition coefficient (Wildman–Crippen LogP) is 3.09. The van der Waals surface area contributed by atoms with E-state index in [-0.39, 0.29) is 11.6 Å². The van der Waals surface area contributed by atoms with Crippen molar-refractivity contribution in [3.63, 3.8) is 0 Å². The lowest BCUT2D eigenvalue weighted by atomic mass is 9.92. The first kappa shape index (κ1) is 19.3. The first-order valence-corrected chi connectivity index (χ1v) is 8.32. The number of carbonyl (C=O) groups excluding carboxylic acids is 2. The van der Waals surface area contributed by atoms with Gasteiger partial charge in [-0.2, -0.15) is 5.26 Å². The third kappa shape index (κ3) is 3.33. The molecule has 1 aliphatic heterocycles. The van der Waals surface area contributed by atoms with Crippen LogP contribution in [0.4, 0.5) is 0 Å². The van der Waals surface area contributed by atoms with Gasteiger partial charge in [-0.05, 0) is 44.1 Å². The van der Waals surface area contributed by atoms with Gasteiger partial charge >= 0.3 is 0 Å². The molecule has 136 valence electrons. The zero-order valence-corrected chi connectivity index (χ0v) is 15.6. The van der Waals surface area contributed by atoms with Gasteiger partial charge in [0.05, 0.1) is 14.2 Å². The van der Waals surface area contributed by atoms with Crippen molar-refractivity contribution in [2.24, 2.45) is 0 Å². The molecule has 0 saturated heterocycles. The van der Waals surface area contributed by atoms with Gasteiger partial charge in [-0.1, -0.05) is 6.92 Å². The fourth-order valence-corrected chi connectivity index (χ4v) is 2.78. The fraction of sp³-hybridized carbons (Fsp3) is 0.350. The second-order valence-corrected chi connectivity index (χ2v) is 6.02. The number of hydrogen-bond acceptors (Lipinski definition) is 5. The molecule has 0 bridgehead atoms. The summed E-state index contributed by atoms with van der Waals surface area (Å²) in [6.07, 6.45) is 2.25. The van der Waals surface area contributed by atoms with Crippen LogP contribution in [-0.4, -0.2) is 37.0 Å². The van der Waals surface area contributed by atoms with Crippen LogP contribution in [0.3, 0.4) is 0 Å². The van der Waals surface area contributed by atoms with Crippen molar-refractivity contribution in [3.8, 4) is 17.6 Å². The average Bonchev–Trinajstić information content (AvgIpc) is 2.65. The zero-order chi connectivity index (χ0) is 19.4. The van der Waals surface area contributed by atoms with Crippen LogP contribution in [0.1, 0.15) is 32.8 Å². The summed E-state index contributed by atoms with van der Waals surface area (Å²) in [5.74, 6) is 0.213. The highest BCUT2D eigenvalue weighted by Gasteiger charge is 2.37. The Balaban J connectivity index is 2.65. The van der Waals surface area contributed by atoms with Gasteiger partial charge in [0.25, 0.3) is 11.8 Å². The van der Waals surface area contributed by atoms with E-state index in [1.54, 1.807) is 45.2 Å². The number of ether oxygens (including phenoxy) is 2. The van der Waals surface area contributed by atoms with Gasteiger partial charge in [0.2, 0.25) is 0 Å². The average molecular weight is 354 g/mol. The fourth-order valence-electron chi connectivity index (χ4n) is 2.78. The standard InChI is InChI=1S/C20H22N2O4/c1-6-12(2)22-19(23)16(13(3)17(11-21)20(22)24)9-14-7-8-15(25-4)10-18(14)26-5/h7-10,12H,6H2,1-5H3/b16-9+. The van der Waals surface area contributed by atoms with Crippen molar-refractivity contribution < 1.29 is 19.1 Å². The van der Waals surface area contributed by atoms with Crippen molar-refractivity contribution in [2.45, 2.75) is 33.2 Å². The highest BCUT2D eigenvalue weighted by Crippen LogP contribution is 2.32. The smallest absolute Gasteiger partial charge is 0.271 e. The molecule has 0 radical (unpaired) electrons. The lowest BCUT2D eigenvalue weighted by Crippen LogP contribution is -2.47. The zero-order valence-electron chi connectivity index (χ0n) is 15.6. The van der Waals surface area contributed by atoms with E-state index in [0.717, 1.165) is 4.90 Å². The van der Waals surface area contributed by atoms with Crippen LogP contribution in [0, 0.1) is 11.3 Å². The molecule has 26 heavy (non-hydrogen) atoms. The van der Waals surface area contributed by atoms with Gasteiger partial charge in [0.1, 0.15) is 23.1 Å². The number of hydrogen-bond donors (Lipinski definition) is 0. The van der Waals surface area contributed by atoms with E-state index in [1.807, 2.05) is 13.0 Å². The van der Waals surface area contributed by atoms with Crippen LogP contribution in [0.25, 0.3) is 6.08 Å². The summed E-state index contributed by atoms with van der Waals surface area (Å²) in [6, 6.07) is 6.87. The first-order chi connectivity index (χ1) is 12.4. The lowest BCUT2D eigenvalue weighted by Gasteiger charge is -2.31. The van der Waals surface area contributed by atoms with Gasteiger partial charge in [-0.15, -0.1) is 0 Å². The van der Waals surface area contributed by atoms with Gasteiger partial charge < -0.3 is 9.47 Å². The molecule has 1 aliphatic rings. The third-order valence-electron chi connectivity index (χ3n) is 4.54. The summed E-state index contributed by atoms with van der Waals surface area (Å²) >= 11 is 0. The van der Waals surface area contributed by atoms with Crippen molar-refractivity contribution in [3.05, 3.63) is 40.5 Å². The Labute approximate surface area is 153 Å². The maximum atomic E-state index is 13.0. The van der Waals surface area contributed by atoms with Gasteiger partial charge in [0, 0.05) is 23.2 Å². The molecule has 1 aromatic carbocycles. The molecule has 0 spiro atoms. The molecule has 2 rings (SSSR count). The summed E-state index contributed by atoms with van der Waals surface area (Å²) in [5, 5.41) is 9.41. The minimum absolute atomic E-state index is 0.0105. The highest BCUT2D eigenvalue weighted by molar-refractivity contribution is 6.20. The molecule has 6 nitrogen and oxygen atoms in total. The van der Waals surface area contributed by atoms with Crippen LogP contribution in [0.15, 0.2) is 34.9 Å². The molecule has 0 saturated carbocycles. The van der Waals surface area contributed by atoms with E-state index in [2.05, 4.69) is 0 Å². The maximum absolute atomic E-state index is 13.0. The summed E-state index contributed by atoms with van der Waals surface area (Å²) < 4.78 is 10.6. The highest BCUT2D eigenvalue weighted by atomic mass is 16.5. The summed E-state index contributed by atoms with van der Waals surface area (Å²) in [6.45, 7) is 5.29. The van der Waals surface area contributed by atoms with Gasteiger partial charge in [-0.3, -0.25) is 14.5 Å². The van der Waals surface area contributed by atoms with Crippen molar-refractivity contribution in [2.75, 3.05) is 14.2 Å². The largest absolute Gasteiger partial charge is 0.497 e. The number of methoxy groups -OCH3 is 2. The van der Waals surface area contributed by atoms with E-state index in [4.69, 9.17) is 9.47 Å². The monoisotopic (exact) mass is 354 g/mol. The Morgan fingerprint density at radius 2 is 1.92 bits per heavy atom. The van der Waals surface area contributed by atoms with Crippen LogP contribution in [0.2, 0.25) is 0 Å². The molecule has 1 unspecified atom stereocenters. The first-order valence-electron chi connectivity index (χ1n) is 8.32. The number of nitriles is 1. The molecule has 0 fully saturated rings. The number of rotatable bonds is 5. The van der Waals surface area contributed by atoms with Crippen LogP contribution in [0.5, 0.6) is 11.5 Å². The molecular weight excluding hydrogens is 332 g/mol. The quantitative estimate of drug-likeness (QED) is 0.600. The van der Waals surface area contributed by atoms with Crippen molar-refractivity contribution in [1.29, 1.82) is 5.26 Å². The van der Waals surface area contributed by atoms with Crippen molar-refractivity contribution >= 4 is 17.9 Å². The van der Waals surface area contributed by atoms with Crippen LogP contribution in [-0.2, 0) is 9.59 Å². The third-order valence-corrected chi connectivity index (χ3v) is 4.54. The molecule has 1 atom stereocenters. The predicted molar refractivity (Wildman–Crippen MR) is 97.4 cm³/mol. The number of carbonyl (C=O) groups is 2. The number of benzene rings is 1. The van der Waals surface area contributed by atoms with E-state index in [9.17, 15) is 14.9 Å². The van der Waals surface area contributed by atoms with Crippen molar-refractivity contribution in [1.82, 2.24) is 4.90 Å². The Kier molecular flexibility index (Phi) is 5.83. The minimum Gasteiger partial charge on any atom is -0.497 e. The topological polar surface area (TPSA) is 79.6 Å². The molecule has 1 aromatic rings. The van der Waals surface area contributed by atoms with E-state index in [1.165, 1.54) is 7.11 Å². The van der Waals surface area contributed by atoms with E-state index < -0.39 is 11.8 Å². The molecule has 0 aromatic heterocycles. The molecular formula is C20H22N2O4. The Bertz CT molecular complexity index is 846. The Morgan fingerprint density at radius 3 is 2.46 bits per heavy atom. The summed E-state index contributed by atoms with van der Waals surface area (Å²) in [4.78, 5) is 26.7. The van der Waals surface area contributed by atoms with Crippen LogP contribution < -0.4 is 9.47 Å². The number of nitrogens with zero attached hydrogens (tertiary/aromatic N) is 2. The molecule has 2 amide bonds. The minimum atomic E-state index is -0.539. The second-order valence-electron chi connectivity index (χ2n) is 6.02. The molecule has 0 aliphatic carbocycles. The van der Waals surface area contributed by atoms with E-state index in [0.29, 0.717) is 34.6 Å².